The van der Waals surface area contributed by atoms with Gasteiger partial charge in [0.15, 0.2) is 0 Å². The smallest absolute Gasteiger partial charge is 0.407 e. The topological polar surface area (TPSA) is 50.4 Å². The molecule has 0 aliphatic heterocycles. The van der Waals surface area contributed by atoms with E-state index in [4.69, 9.17) is 4.74 Å². The molecule has 2 N–H and O–H groups in total. The highest BCUT2D eigenvalue weighted by Crippen LogP contribution is 2.12. The van der Waals surface area contributed by atoms with Crippen LogP contribution in [-0.4, -0.2) is 24.8 Å². The molecule has 5 heteroatoms. The van der Waals surface area contributed by atoms with E-state index in [2.05, 4.69) is 45.4 Å². The molecule has 1 aromatic rings. The lowest BCUT2D eigenvalue weighted by atomic mass is 10.2. The van der Waals surface area contributed by atoms with Crippen LogP contribution in [0, 0.1) is 3.57 Å². The van der Waals surface area contributed by atoms with E-state index >= 15 is 0 Å². The molecule has 0 fully saturated rings. The maximum Gasteiger partial charge on any atom is 0.407 e. The fourth-order valence-electron chi connectivity index (χ4n) is 1.42. The Labute approximate surface area is 128 Å². The normalized spacial score (nSPS) is 10.9. The highest BCUT2D eigenvalue weighted by atomic mass is 127. The molecule has 1 amide bonds. The van der Waals surface area contributed by atoms with Crippen LogP contribution in [-0.2, 0) is 4.74 Å². The quantitative estimate of drug-likeness (QED) is 0.610. The Bertz CT molecular complexity index is 416. The summed E-state index contributed by atoms with van der Waals surface area (Å²) in [4.78, 5) is 11.4. The predicted octanol–water partition coefficient (Wildman–Crippen LogP) is 3.62. The van der Waals surface area contributed by atoms with Crippen LogP contribution in [0.5, 0.6) is 0 Å². The van der Waals surface area contributed by atoms with Crippen molar-refractivity contribution < 1.29 is 9.53 Å². The molecule has 4 nitrogen and oxygen atoms in total. The standard InChI is InChI=1S/C14H21IN2O2/c1-14(2,3)19-13(18)17-9-5-8-16-12-7-4-6-11(15)10-12/h4,6-7,10,16H,5,8-9H2,1-3H3,(H,17,18). The van der Waals surface area contributed by atoms with Crippen molar-refractivity contribution >= 4 is 34.4 Å². The van der Waals surface area contributed by atoms with E-state index in [0.717, 1.165) is 18.7 Å². The molecule has 0 aliphatic rings. The van der Waals surface area contributed by atoms with Crippen LogP contribution in [0.4, 0.5) is 10.5 Å². The van der Waals surface area contributed by atoms with Crippen molar-refractivity contribution in [2.45, 2.75) is 32.8 Å². The minimum Gasteiger partial charge on any atom is -0.444 e. The number of ether oxygens (including phenoxy) is 1. The summed E-state index contributed by atoms with van der Waals surface area (Å²) in [6.45, 7) is 6.98. The van der Waals surface area contributed by atoms with Gasteiger partial charge in [-0.3, -0.25) is 0 Å². The second-order valence-corrected chi connectivity index (χ2v) is 6.46. The lowest BCUT2D eigenvalue weighted by Gasteiger charge is -2.19. The number of alkyl carbamates (subject to hydrolysis) is 1. The van der Waals surface area contributed by atoms with E-state index < -0.39 is 5.60 Å². The zero-order valence-electron chi connectivity index (χ0n) is 11.6. The summed E-state index contributed by atoms with van der Waals surface area (Å²) < 4.78 is 6.35. The molecule has 0 aliphatic carbocycles. The summed E-state index contributed by atoms with van der Waals surface area (Å²) in [6.07, 6.45) is 0.492. The van der Waals surface area contributed by atoms with E-state index in [9.17, 15) is 4.79 Å². The Morgan fingerprint density at radius 2 is 2.05 bits per heavy atom. The third-order valence-electron chi connectivity index (χ3n) is 2.18. The number of carbonyl (C=O) groups excluding carboxylic acids is 1. The first kappa shape index (κ1) is 16.1. The van der Waals surface area contributed by atoms with E-state index in [1.807, 2.05) is 32.9 Å². The number of amides is 1. The van der Waals surface area contributed by atoms with Crippen molar-refractivity contribution in [3.8, 4) is 0 Å². The summed E-state index contributed by atoms with van der Waals surface area (Å²) in [5.41, 5.74) is 0.660. The van der Waals surface area contributed by atoms with Crippen molar-refractivity contribution in [3.63, 3.8) is 0 Å². The Morgan fingerprint density at radius 1 is 1.32 bits per heavy atom. The number of hydrogen-bond donors (Lipinski definition) is 2. The van der Waals surface area contributed by atoms with Gasteiger partial charge in [-0.2, -0.15) is 0 Å². The summed E-state index contributed by atoms with van der Waals surface area (Å²) in [5.74, 6) is 0. The first-order chi connectivity index (χ1) is 8.87. The van der Waals surface area contributed by atoms with Gasteiger partial charge < -0.3 is 15.4 Å². The van der Waals surface area contributed by atoms with Crippen molar-refractivity contribution in [2.24, 2.45) is 0 Å². The molecule has 0 heterocycles. The number of benzene rings is 1. The highest BCUT2D eigenvalue weighted by molar-refractivity contribution is 14.1. The predicted molar refractivity (Wildman–Crippen MR) is 86.5 cm³/mol. The van der Waals surface area contributed by atoms with Crippen LogP contribution in [0.1, 0.15) is 27.2 Å². The van der Waals surface area contributed by atoms with Gasteiger partial charge in [-0.15, -0.1) is 0 Å². The Hall–Kier alpha value is -0.980. The van der Waals surface area contributed by atoms with E-state index in [-0.39, 0.29) is 6.09 Å². The average molecular weight is 376 g/mol. The minimum atomic E-state index is -0.441. The molecule has 0 aromatic heterocycles. The van der Waals surface area contributed by atoms with Gasteiger partial charge >= 0.3 is 6.09 Å². The zero-order chi connectivity index (χ0) is 14.3. The minimum absolute atomic E-state index is 0.359. The third-order valence-corrected chi connectivity index (χ3v) is 2.85. The molecular weight excluding hydrogens is 355 g/mol. The van der Waals surface area contributed by atoms with Crippen LogP contribution in [0.3, 0.4) is 0 Å². The summed E-state index contributed by atoms with van der Waals surface area (Å²) >= 11 is 2.28. The fraction of sp³-hybridized carbons (Fsp3) is 0.500. The zero-order valence-corrected chi connectivity index (χ0v) is 13.8. The summed E-state index contributed by atoms with van der Waals surface area (Å²) in [5, 5.41) is 6.04. The van der Waals surface area contributed by atoms with Crippen LogP contribution < -0.4 is 10.6 Å². The lowest BCUT2D eigenvalue weighted by Crippen LogP contribution is -2.33. The Balaban J connectivity index is 2.13. The molecule has 0 saturated heterocycles. The first-order valence-electron chi connectivity index (χ1n) is 6.33. The van der Waals surface area contributed by atoms with Gasteiger partial charge in [-0.1, -0.05) is 6.07 Å². The van der Waals surface area contributed by atoms with Gasteiger partial charge in [0.05, 0.1) is 0 Å². The van der Waals surface area contributed by atoms with Gasteiger partial charge in [0.1, 0.15) is 5.60 Å². The second-order valence-electron chi connectivity index (χ2n) is 5.22. The van der Waals surface area contributed by atoms with E-state index in [0.29, 0.717) is 6.54 Å². The number of halogens is 1. The Morgan fingerprint density at radius 3 is 2.68 bits per heavy atom. The van der Waals surface area contributed by atoms with Crippen molar-refractivity contribution in [3.05, 3.63) is 27.8 Å². The number of carbonyl (C=O) groups is 1. The molecule has 0 bridgehead atoms. The van der Waals surface area contributed by atoms with Crippen molar-refractivity contribution in [1.82, 2.24) is 5.32 Å². The van der Waals surface area contributed by atoms with E-state index in [1.54, 1.807) is 0 Å². The van der Waals surface area contributed by atoms with Gasteiger partial charge in [0, 0.05) is 22.3 Å². The van der Waals surface area contributed by atoms with Crippen LogP contribution in [0.2, 0.25) is 0 Å². The lowest BCUT2D eigenvalue weighted by molar-refractivity contribution is 0.0528. The van der Waals surface area contributed by atoms with E-state index in [1.165, 1.54) is 3.57 Å². The molecule has 1 rings (SSSR count). The molecule has 0 radical (unpaired) electrons. The van der Waals surface area contributed by atoms with Crippen LogP contribution >= 0.6 is 22.6 Å². The number of nitrogens with one attached hydrogen (secondary N) is 2. The molecule has 106 valence electrons. The second kappa shape index (κ2) is 7.57. The highest BCUT2D eigenvalue weighted by Gasteiger charge is 2.15. The van der Waals surface area contributed by atoms with Crippen molar-refractivity contribution in [1.29, 1.82) is 0 Å². The molecule has 1 aromatic carbocycles. The van der Waals surface area contributed by atoms with Crippen molar-refractivity contribution in [2.75, 3.05) is 18.4 Å². The largest absolute Gasteiger partial charge is 0.444 e. The molecular formula is C14H21IN2O2. The van der Waals surface area contributed by atoms with Crippen LogP contribution in [0.15, 0.2) is 24.3 Å². The first-order valence-corrected chi connectivity index (χ1v) is 7.41. The summed E-state index contributed by atoms with van der Waals surface area (Å²) in [6, 6.07) is 8.18. The molecule has 0 unspecified atom stereocenters. The van der Waals surface area contributed by atoms with Gasteiger partial charge in [0.2, 0.25) is 0 Å². The number of anilines is 1. The molecule has 0 saturated carbocycles. The summed E-state index contributed by atoms with van der Waals surface area (Å²) in [7, 11) is 0. The fourth-order valence-corrected chi connectivity index (χ4v) is 1.97. The Kier molecular flexibility index (Phi) is 6.41. The SMILES string of the molecule is CC(C)(C)OC(=O)NCCCNc1cccc(I)c1. The average Bonchev–Trinajstić information content (AvgIpc) is 2.26. The number of rotatable bonds is 5. The molecule has 19 heavy (non-hydrogen) atoms. The third kappa shape index (κ3) is 7.92. The number of hydrogen-bond acceptors (Lipinski definition) is 3. The van der Waals surface area contributed by atoms with Crippen LogP contribution in [0.25, 0.3) is 0 Å². The van der Waals surface area contributed by atoms with Gasteiger partial charge in [0.25, 0.3) is 0 Å². The molecule has 0 spiro atoms. The van der Waals surface area contributed by atoms with Gasteiger partial charge in [-0.05, 0) is 68.0 Å². The molecule has 0 atom stereocenters. The monoisotopic (exact) mass is 376 g/mol. The maximum atomic E-state index is 11.4. The van der Waals surface area contributed by atoms with Gasteiger partial charge in [-0.25, -0.2) is 4.79 Å². The maximum absolute atomic E-state index is 11.4.